The first-order chi connectivity index (χ1) is 10.2. The molecule has 2 nitrogen and oxygen atoms in total. The van der Waals surface area contributed by atoms with Gasteiger partial charge >= 0.3 is 0 Å². The number of benzene rings is 2. The lowest BCUT2D eigenvalue weighted by molar-refractivity contribution is 0.552. The van der Waals surface area contributed by atoms with Crippen molar-refractivity contribution in [1.82, 2.24) is 5.32 Å². The van der Waals surface area contributed by atoms with Gasteiger partial charge in [0, 0.05) is 25.3 Å². The van der Waals surface area contributed by atoms with Crippen LogP contribution in [-0.4, -0.2) is 6.54 Å². The molecule has 21 heavy (non-hydrogen) atoms. The Morgan fingerprint density at radius 2 is 1.57 bits per heavy atom. The maximum Gasteiger partial charge on any atom is 0.0436 e. The summed E-state index contributed by atoms with van der Waals surface area (Å²) in [5.74, 6) is 0.701. The molecule has 110 valence electrons. The number of nitrogens with one attached hydrogen (secondary N) is 1. The first-order valence-corrected chi connectivity index (χ1v) is 7.84. The second-order valence-corrected chi connectivity index (χ2v) is 6.32. The van der Waals surface area contributed by atoms with E-state index < -0.39 is 0 Å². The normalized spacial score (nSPS) is 13.8. The van der Waals surface area contributed by atoms with Crippen LogP contribution in [0.2, 0.25) is 0 Å². The van der Waals surface area contributed by atoms with Crippen molar-refractivity contribution in [3.63, 3.8) is 0 Å². The Hall–Kier alpha value is -1.80. The summed E-state index contributed by atoms with van der Waals surface area (Å²) in [5, 5.41) is 3.49. The van der Waals surface area contributed by atoms with E-state index in [0.717, 1.165) is 26.2 Å². The molecular formula is C19H24N2. The van der Waals surface area contributed by atoms with Crippen LogP contribution in [0.3, 0.4) is 0 Å². The number of fused-ring (bicyclic) bond motifs is 1. The van der Waals surface area contributed by atoms with E-state index in [1.54, 1.807) is 0 Å². The average Bonchev–Trinajstić information content (AvgIpc) is 2.91. The predicted molar refractivity (Wildman–Crippen MR) is 89.3 cm³/mol. The highest BCUT2D eigenvalue weighted by Crippen LogP contribution is 2.28. The van der Waals surface area contributed by atoms with Crippen molar-refractivity contribution in [3.05, 3.63) is 65.2 Å². The van der Waals surface area contributed by atoms with Gasteiger partial charge in [-0.2, -0.15) is 0 Å². The van der Waals surface area contributed by atoms with Gasteiger partial charge in [-0.15, -0.1) is 0 Å². The minimum absolute atomic E-state index is 0.701. The standard InChI is InChI=1S/C19H24N2/c1-15(2)11-20-12-16-7-9-19(10-8-16)21-13-17-5-3-4-6-18(17)14-21/h3-10,15,20H,11-14H2,1-2H3. The van der Waals surface area contributed by atoms with Crippen LogP contribution in [0.25, 0.3) is 0 Å². The zero-order valence-electron chi connectivity index (χ0n) is 13.0. The topological polar surface area (TPSA) is 15.3 Å². The van der Waals surface area contributed by atoms with Gasteiger partial charge in [0.25, 0.3) is 0 Å². The molecule has 0 spiro atoms. The summed E-state index contributed by atoms with van der Waals surface area (Å²) in [5.41, 5.74) is 5.59. The van der Waals surface area contributed by atoms with Crippen molar-refractivity contribution < 1.29 is 0 Å². The molecule has 1 aliphatic rings. The Bertz CT molecular complexity index is 562. The SMILES string of the molecule is CC(C)CNCc1ccc(N2Cc3ccccc3C2)cc1. The average molecular weight is 280 g/mol. The summed E-state index contributed by atoms with van der Waals surface area (Å²) in [6.07, 6.45) is 0. The highest BCUT2D eigenvalue weighted by atomic mass is 15.1. The van der Waals surface area contributed by atoms with Gasteiger partial charge in [0.05, 0.1) is 0 Å². The molecule has 0 aliphatic carbocycles. The Morgan fingerprint density at radius 3 is 2.14 bits per heavy atom. The zero-order chi connectivity index (χ0) is 14.7. The van der Waals surface area contributed by atoms with E-state index >= 15 is 0 Å². The molecule has 0 bridgehead atoms. The van der Waals surface area contributed by atoms with Crippen molar-refractivity contribution in [2.75, 3.05) is 11.4 Å². The third-order valence-corrected chi connectivity index (χ3v) is 4.02. The number of anilines is 1. The first-order valence-electron chi connectivity index (χ1n) is 7.84. The van der Waals surface area contributed by atoms with Crippen LogP contribution in [0, 0.1) is 5.92 Å². The van der Waals surface area contributed by atoms with E-state index in [9.17, 15) is 0 Å². The summed E-state index contributed by atoms with van der Waals surface area (Å²) >= 11 is 0. The summed E-state index contributed by atoms with van der Waals surface area (Å²) < 4.78 is 0. The van der Waals surface area contributed by atoms with Gasteiger partial charge in [0.2, 0.25) is 0 Å². The molecule has 1 N–H and O–H groups in total. The molecule has 2 aromatic carbocycles. The molecule has 0 saturated heterocycles. The number of rotatable bonds is 5. The van der Waals surface area contributed by atoms with Gasteiger partial charge in [0.15, 0.2) is 0 Å². The molecule has 0 saturated carbocycles. The Kier molecular flexibility index (Phi) is 4.26. The fourth-order valence-electron chi connectivity index (χ4n) is 2.85. The summed E-state index contributed by atoms with van der Waals surface area (Å²) in [4.78, 5) is 2.44. The Balaban J connectivity index is 1.61. The summed E-state index contributed by atoms with van der Waals surface area (Å²) in [6, 6.07) is 17.7. The third-order valence-electron chi connectivity index (χ3n) is 4.02. The van der Waals surface area contributed by atoms with Crippen LogP contribution in [0.15, 0.2) is 48.5 Å². The molecule has 0 radical (unpaired) electrons. The molecule has 0 unspecified atom stereocenters. The fraction of sp³-hybridized carbons (Fsp3) is 0.368. The molecule has 1 aliphatic heterocycles. The van der Waals surface area contributed by atoms with Crippen LogP contribution in [0.4, 0.5) is 5.69 Å². The van der Waals surface area contributed by atoms with Gasteiger partial charge < -0.3 is 10.2 Å². The first kappa shape index (κ1) is 14.2. The van der Waals surface area contributed by atoms with E-state index in [2.05, 4.69) is 72.6 Å². The lowest BCUT2D eigenvalue weighted by atomic mass is 10.1. The van der Waals surface area contributed by atoms with E-state index in [-0.39, 0.29) is 0 Å². The van der Waals surface area contributed by atoms with Crippen molar-refractivity contribution in [3.8, 4) is 0 Å². The predicted octanol–water partition coefficient (Wildman–Crippen LogP) is 3.95. The maximum absolute atomic E-state index is 3.49. The van der Waals surface area contributed by atoms with Crippen LogP contribution in [0.1, 0.15) is 30.5 Å². The second kappa shape index (κ2) is 6.31. The molecule has 0 atom stereocenters. The van der Waals surface area contributed by atoms with Crippen molar-refractivity contribution in [2.24, 2.45) is 5.92 Å². The van der Waals surface area contributed by atoms with Crippen LogP contribution in [0.5, 0.6) is 0 Å². The summed E-state index contributed by atoms with van der Waals surface area (Å²) in [7, 11) is 0. The molecule has 0 aromatic heterocycles. The lowest BCUT2D eigenvalue weighted by Crippen LogP contribution is -2.19. The third kappa shape index (κ3) is 3.45. The van der Waals surface area contributed by atoms with Gasteiger partial charge in [-0.1, -0.05) is 50.2 Å². The van der Waals surface area contributed by atoms with Crippen molar-refractivity contribution >= 4 is 5.69 Å². The monoisotopic (exact) mass is 280 g/mol. The number of hydrogen-bond acceptors (Lipinski definition) is 2. The van der Waals surface area contributed by atoms with Crippen LogP contribution < -0.4 is 10.2 Å². The quantitative estimate of drug-likeness (QED) is 0.892. The number of nitrogens with zero attached hydrogens (tertiary/aromatic N) is 1. The van der Waals surface area contributed by atoms with Gasteiger partial charge in [-0.3, -0.25) is 0 Å². The highest BCUT2D eigenvalue weighted by Gasteiger charge is 2.18. The van der Waals surface area contributed by atoms with E-state index in [1.165, 1.54) is 22.4 Å². The van der Waals surface area contributed by atoms with E-state index in [1.807, 2.05) is 0 Å². The molecule has 2 aromatic rings. The minimum atomic E-state index is 0.701. The zero-order valence-corrected chi connectivity index (χ0v) is 13.0. The number of hydrogen-bond donors (Lipinski definition) is 1. The second-order valence-electron chi connectivity index (χ2n) is 6.32. The lowest BCUT2D eigenvalue weighted by Gasteiger charge is -2.18. The van der Waals surface area contributed by atoms with Crippen molar-refractivity contribution in [2.45, 2.75) is 33.5 Å². The van der Waals surface area contributed by atoms with E-state index in [0.29, 0.717) is 5.92 Å². The van der Waals surface area contributed by atoms with Gasteiger partial charge in [-0.05, 0) is 41.3 Å². The molecule has 0 fully saturated rings. The smallest absolute Gasteiger partial charge is 0.0436 e. The minimum Gasteiger partial charge on any atom is -0.363 e. The van der Waals surface area contributed by atoms with Crippen LogP contribution in [-0.2, 0) is 19.6 Å². The van der Waals surface area contributed by atoms with Crippen LogP contribution >= 0.6 is 0 Å². The molecular weight excluding hydrogens is 256 g/mol. The molecule has 2 heteroatoms. The highest BCUT2D eigenvalue weighted by molar-refractivity contribution is 5.52. The summed E-state index contributed by atoms with van der Waals surface area (Å²) in [6.45, 7) is 8.56. The van der Waals surface area contributed by atoms with Crippen molar-refractivity contribution in [1.29, 1.82) is 0 Å². The largest absolute Gasteiger partial charge is 0.363 e. The molecule has 3 rings (SSSR count). The van der Waals surface area contributed by atoms with E-state index in [4.69, 9.17) is 0 Å². The Morgan fingerprint density at radius 1 is 0.952 bits per heavy atom. The van der Waals surface area contributed by atoms with Gasteiger partial charge in [-0.25, -0.2) is 0 Å². The fourth-order valence-corrected chi connectivity index (χ4v) is 2.85. The maximum atomic E-state index is 3.49. The Labute approximate surface area is 127 Å². The molecule has 0 amide bonds. The van der Waals surface area contributed by atoms with Gasteiger partial charge in [0.1, 0.15) is 0 Å². The molecule has 1 heterocycles.